The van der Waals surface area contributed by atoms with Crippen LogP contribution in [0.2, 0.25) is 0 Å². The minimum absolute atomic E-state index is 0.784. The molecule has 3 aromatic rings. The molecule has 0 aliphatic heterocycles. The van der Waals surface area contributed by atoms with Crippen molar-refractivity contribution in [2.75, 3.05) is 0 Å². The van der Waals surface area contributed by atoms with E-state index in [-0.39, 0.29) is 0 Å². The Morgan fingerprint density at radius 1 is 1.10 bits per heavy atom. The molecule has 2 aromatic heterocycles. The van der Waals surface area contributed by atoms with E-state index in [1.165, 1.54) is 16.0 Å². The predicted octanol–water partition coefficient (Wildman–Crippen LogP) is 3.48. The molecule has 3 nitrogen and oxygen atoms in total. The summed E-state index contributed by atoms with van der Waals surface area (Å²) in [5.74, 6) is 0. The summed E-state index contributed by atoms with van der Waals surface area (Å²) in [5.41, 5.74) is 3.69. The van der Waals surface area contributed by atoms with Crippen molar-refractivity contribution in [2.24, 2.45) is 0 Å². The standard InChI is InChI=1S/C16H17N3S/c1-13-9-10-20-16(13)8-7-15-12-19(18-17-15)11-14-5-3-2-4-6-14/h2-6,9-10,12H,7-8,11H2,1H3. The van der Waals surface area contributed by atoms with E-state index in [4.69, 9.17) is 0 Å². The lowest BCUT2D eigenvalue weighted by Crippen LogP contribution is -1.99. The third-order valence-electron chi connectivity index (χ3n) is 3.35. The average Bonchev–Trinajstić information content (AvgIpc) is 3.07. The Bertz CT molecular complexity index is 670. The number of nitrogens with zero attached hydrogens (tertiary/aromatic N) is 3. The van der Waals surface area contributed by atoms with E-state index in [9.17, 15) is 0 Å². The van der Waals surface area contributed by atoms with Gasteiger partial charge in [-0.25, -0.2) is 4.68 Å². The molecule has 0 atom stereocenters. The van der Waals surface area contributed by atoms with Crippen molar-refractivity contribution in [2.45, 2.75) is 26.3 Å². The number of rotatable bonds is 5. The highest BCUT2D eigenvalue weighted by Gasteiger charge is 2.04. The fourth-order valence-electron chi connectivity index (χ4n) is 2.20. The Hall–Kier alpha value is -1.94. The second-order valence-corrected chi connectivity index (χ2v) is 5.92. The molecule has 1 aromatic carbocycles. The lowest BCUT2D eigenvalue weighted by atomic mass is 10.2. The molecule has 2 heterocycles. The van der Waals surface area contributed by atoms with Crippen LogP contribution in [0.3, 0.4) is 0 Å². The number of thiophene rings is 1. The lowest BCUT2D eigenvalue weighted by molar-refractivity contribution is 0.649. The fraction of sp³-hybridized carbons (Fsp3) is 0.250. The van der Waals surface area contributed by atoms with E-state index in [2.05, 4.69) is 47.0 Å². The van der Waals surface area contributed by atoms with Crippen molar-refractivity contribution in [3.63, 3.8) is 0 Å². The van der Waals surface area contributed by atoms with Crippen LogP contribution in [0.15, 0.2) is 48.0 Å². The highest BCUT2D eigenvalue weighted by atomic mass is 32.1. The minimum Gasteiger partial charge on any atom is -0.248 e. The number of aryl methyl sites for hydroxylation is 3. The van der Waals surface area contributed by atoms with E-state index < -0.39 is 0 Å². The van der Waals surface area contributed by atoms with Gasteiger partial charge in [0.1, 0.15) is 0 Å². The van der Waals surface area contributed by atoms with Crippen molar-refractivity contribution in [3.05, 3.63) is 69.7 Å². The van der Waals surface area contributed by atoms with Gasteiger partial charge < -0.3 is 0 Å². The van der Waals surface area contributed by atoms with Gasteiger partial charge in [0.15, 0.2) is 0 Å². The number of aromatic nitrogens is 3. The zero-order chi connectivity index (χ0) is 13.8. The van der Waals surface area contributed by atoms with Gasteiger partial charge in [0, 0.05) is 11.1 Å². The van der Waals surface area contributed by atoms with E-state index >= 15 is 0 Å². The number of hydrogen-bond donors (Lipinski definition) is 0. The molecule has 0 amide bonds. The zero-order valence-electron chi connectivity index (χ0n) is 11.5. The molecule has 3 rings (SSSR count). The van der Waals surface area contributed by atoms with Gasteiger partial charge in [0.2, 0.25) is 0 Å². The van der Waals surface area contributed by atoms with E-state index in [0.717, 1.165) is 25.1 Å². The molecule has 0 fully saturated rings. The van der Waals surface area contributed by atoms with Crippen LogP contribution >= 0.6 is 11.3 Å². The van der Waals surface area contributed by atoms with Crippen LogP contribution in [-0.4, -0.2) is 15.0 Å². The first kappa shape index (κ1) is 13.1. The maximum atomic E-state index is 4.26. The van der Waals surface area contributed by atoms with Gasteiger partial charge in [0.25, 0.3) is 0 Å². The van der Waals surface area contributed by atoms with E-state index in [0.29, 0.717) is 0 Å². The molecule has 0 spiro atoms. The van der Waals surface area contributed by atoms with E-state index in [1.54, 1.807) is 0 Å². The molecule has 0 bridgehead atoms. The molecule has 0 N–H and O–H groups in total. The third kappa shape index (κ3) is 3.14. The van der Waals surface area contributed by atoms with Gasteiger partial charge in [0.05, 0.1) is 12.2 Å². The molecule has 0 unspecified atom stereocenters. The summed E-state index contributed by atoms with van der Waals surface area (Å²) in [6.45, 7) is 2.95. The summed E-state index contributed by atoms with van der Waals surface area (Å²) in [7, 11) is 0. The topological polar surface area (TPSA) is 30.7 Å². The maximum absolute atomic E-state index is 4.26. The maximum Gasteiger partial charge on any atom is 0.0830 e. The molecule has 20 heavy (non-hydrogen) atoms. The molecule has 0 aliphatic carbocycles. The van der Waals surface area contributed by atoms with Crippen LogP contribution in [0.4, 0.5) is 0 Å². The summed E-state index contributed by atoms with van der Waals surface area (Å²) >= 11 is 1.82. The molecular weight excluding hydrogens is 266 g/mol. The summed E-state index contributed by atoms with van der Waals surface area (Å²) in [6, 6.07) is 12.5. The Morgan fingerprint density at radius 3 is 2.70 bits per heavy atom. The summed E-state index contributed by atoms with van der Waals surface area (Å²) in [6.07, 6.45) is 4.06. The number of benzene rings is 1. The Balaban J connectivity index is 1.61. The lowest BCUT2D eigenvalue weighted by Gasteiger charge is -1.99. The molecule has 0 aliphatic rings. The van der Waals surface area contributed by atoms with Gasteiger partial charge in [-0.05, 0) is 42.3 Å². The Labute approximate surface area is 122 Å². The smallest absolute Gasteiger partial charge is 0.0830 e. The van der Waals surface area contributed by atoms with Crippen LogP contribution < -0.4 is 0 Å². The van der Waals surface area contributed by atoms with Crippen LogP contribution in [0, 0.1) is 6.92 Å². The summed E-state index contributed by atoms with van der Waals surface area (Å²) in [4.78, 5) is 1.45. The quantitative estimate of drug-likeness (QED) is 0.717. The van der Waals surface area contributed by atoms with Gasteiger partial charge in [-0.1, -0.05) is 35.5 Å². The number of hydrogen-bond acceptors (Lipinski definition) is 3. The summed E-state index contributed by atoms with van der Waals surface area (Å²) < 4.78 is 1.91. The summed E-state index contributed by atoms with van der Waals surface area (Å²) in [5, 5.41) is 10.6. The first-order valence-corrected chi connectivity index (χ1v) is 7.65. The van der Waals surface area contributed by atoms with Crippen LogP contribution in [0.25, 0.3) is 0 Å². The molecular formula is C16H17N3S. The molecule has 4 heteroatoms. The van der Waals surface area contributed by atoms with Crippen LogP contribution in [-0.2, 0) is 19.4 Å². The average molecular weight is 283 g/mol. The molecule has 0 radical (unpaired) electrons. The Kier molecular flexibility index (Phi) is 3.92. The van der Waals surface area contributed by atoms with Gasteiger partial charge in [-0.15, -0.1) is 16.4 Å². The predicted molar refractivity (Wildman–Crippen MR) is 82.0 cm³/mol. The Morgan fingerprint density at radius 2 is 1.95 bits per heavy atom. The molecule has 0 saturated carbocycles. The van der Waals surface area contributed by atoms with Crippen molar-refractivity contribution >= 4 is 11.3 Å². The van der Waals surface area contributed by atoms with Crippen molar-refractivity contribution in [1.29, 1.82) is 0 Å². The SMILES string of the molecule is Cc1ccsc1CCc1cn(Cc2ccccc2)nn1. The third-order valence-corrected chi connectivity index (χ3v) is 4.43. The zero-order valence-corrected chi connectivity index (χ0v) is 12.3. The van der Waals surface area contributed by atoms with Gasteiger partial charge in [-0.2, -0.15) is 0 Å². The van der Waals surface area contributed by atoms with Crippen LogP contribution in [0.1, 0.15) is 21.7 Å². The second kappa shape index (κ2) is 6.01. The molecule has 0 saturated heterocycles. The van der Waals surface area contributed by atoms with Gasteiger partial charge in [-0.3, -0.25) is 0 Å². The highest BCUT2D eigenvalue weighted by molar-refractivity contribution is 7.10. The van der Waals surface area contributed by atoms with Crippen molar-refractivity contribution in [3.8, 4) is 0 Å². The normalized spacial score (nSPS) is 10.8. The van der Waals surface area contributed by atoms with E-state index in [1.807, 2.05) is 34.2 Å². The highest BCUT2D eigenvalue weighted by Crippen LogP contribution is 2.17. The minimum atomic E-state index is 0.784. The molecule has 102 valence electrons. The van der Waals surface area contributed by atoms with Crippen molar-refractivity contribution < 1.29 is 0 Å². The van der Waals surface area contributed by atoms with Crippen LogP contribution in [0.5, 0.6) is 0 Å². The monoisotopic (exact) mass is 283 g/mol. The largest absolute Gasteiger partial charge is 0.248 e. The van der Waals surface area contributed by atoms with Gasteiger partial charge >= 0.3 is 0 Å². The second-order valence-electron chi connectivity index (χ2n) is 4.92. The fourth-order valence-corrected chi connectivity index (χ4v) is 3.11. The van der Waals surface area contributed by atoms with Crippen molar-refractivity contribution in [1.82, 2.24) is 15.0 Å². The first-order chi connectivity index (χ1) is 9.81. The first-order valence-electron chi connectivity index (χ1n) is 6.77.